The quantitative estimate of drug-likeness (QED) is 0.231. The van der Waals surface area contributed by atoms with E-state index in [1.54, 1.807) is 0 Å². The zero-order valence-corrected chi connectivity index (χ0v) is 68.6. The molecule has 10 aliphatic heterocycles. The molecule has 0 bridgehead atoms. The minimum absolute atomic E-state index is 0.913. The normalized spacial score (nSPS) is 20.6. The minimum atomic E-state index is 0.913. The van der Waals surface area contributed by atoms with E-state index in [9.17, 15) is 0 Å². The van der Waals surface area contributed by atoms with Gasteiger partial charge in [-0.3, -0.25) is 9.68 Å². The van der Waals surface area contributed by atoms with Gasteiger partial charge in [0, 0.05) is 108 Å². The third kappa shape index (κ3) is 91.6. The van der Waals surface area contributed by atoms with Crippen molar-refractivity contribution in [2.24, 2.45) is 0 Å². The molecule has 0 saturated carbocycles. The highest BCUT2D eigenvalue weighted by molar-refractivity contribution is 4.65. The van der Waals surface area contributed by atoms with Crippen molar-refractivity contribution in [3.05, 3.63) is 0 Å². The van der Waals surface area contributed by atoms with Crippen LogP contribution in [0.15, 0.2) is 0 Å². The third-order valence-corrected chi connectivity index (χ3v) is 14.6. The Morgan fingerprint density at radius 3 is 0.438 bits per heavy atom. The molecule has 89 heavy (non-hydrogen) atoms. The first-order valence-corrected chi connectivity index (χ1v) is 38.5. The van der Waals surface area contributed by atoms with E-state index < -0.39 is 0 Å². The van der Waals surface area contributed by atoms with Crippen LogP contribution in [0.5, 0.6) is 0 Å². The molecule has 554 valence electrons. The Balaban J connectivity index is -0.0000000945. The predicted molar refractivity (Wildman–Crippen MR) is 411 cm³/mol. The van der Waals surface area contributed by atoms with Gasteiger partial charge in [-0.1, -0.05) is 164 Å². The molecule has 0 unspecified atom stereocenters. The molecule has 0 N–H and O–H groups in total. The van der Waals surface area contributed by atoms with Crippen molar-refractivity contribution >= 4 is 0 Å². The molecule has 0 aliphatic carbocycles. The van der Waals surface area contributed by atoms with E-state index in [2.05, 4.69) is 132 Å². The topological polar surface area (TPSA) is 60.6 Å². The summed E-state index contributed by atoms with van der Waals surface area (Å²) in [4.78, 5) is 26.7. The first-order valence-electron chi connectivity index (χ1n) is 38.5. The van der Waals surface area contributed by atoms with Crippen LogP contribution in [0.4, 0.5) is 0 Å². The maximum Gasteiger partial charge on any atom is 0.0698 e. The number of piperazine rings is 1. The van der Waals surface area contributed by atoms with E-state index in [0.717, 1.165) is 26.3 Å². The smallest absolute Gasteiger partial charge is 0.0698 e. The third-order valence-electron chi connectivity index (χ3n) is 14.6. The van der Waals surface area contributed by atoms with E-state index >= 15 is 0 Å². The van der Waals surface area contributed by atoms with E-state index in [1.807, 2.05) is 163 Å². The Morgan fingerprint density at radius 1 is 0.146 bits per heavy atom. The SMILES string of the molecule is CC.CC.CC.CC.CC.CC.CC.CC.CC.CC.CN1CCC1.CN1CCCC1.CN1CCCCC1.CN1CCCCC1.CN1CCCCCC1.CN1CCCCN1C.CN1CCCCO1.CN1CCCN1C.CN1CCCO1.CN1CCN(C)CC1. The summed E-state index contributed by atoms with van der Waals surface area (Å²) in [6.45, 7) is 67.1. The summed E-state index contributed by atoms with van der Waals surface area (Å²) in [6.07, 6.45) is 26.3. The molecule has 10 saturated heterocycles. The zero-order valence-electron chi connectivity index (χ0n) is 68.6. The number of piperidine rings is 2. The van der Waals surface area contributed by atoms with Crippen LogP contribution in [0.1, 0.15) is 260 Å². The van der Waals surface area contributed by atoms with Crippen LogP contribution in [0.2, 0.25) is 0 Å². The first kappa shape index (κ1) is 110. The van der Waals surface area contributed by atoms with E-state index in [-0.39, 0.29) is 0 Å². The number of hydrogen-bond acceptors (Lipinski definition) is 15. The Bertz CT molecular complexity index is 979. The van der Waals surface area contributed by atoms with Crippen molar-refractivity contribution in [3.8, 4) is 0 Å². The fourth-order valence-corrected chi connectivity index (χ4v) is 8.77. The number of hydrazine groups is 2. The lowest BCUT2D eigenvalue weighted by molar-refractivity contribution is -0.161. The Labute approximate surface area is 567 Å². The van der Waals surface area contributed by atoms with Gasteiger partial charge in [-0.15, -0.1) is 0 Å². The van der Waals surface area contributed by atoms with Crippen molar-refractivity contribution in [1.82, 2.24) is 64.5 Å². The first-order chi connectivity index (χ1) is 43.2. The average molecular weight is 1290 g/mol. The molecule has 0 atom stereocenters. The number of nitrogens with zero attached hydrogens (tertiary/aromatic N) is 13. The monoisotopic (exact) mass is 1280 g/mol. The fraction of sp³-hybridized carbons (Fsp3) is 1.00. The molecule has 10 rings (SSSR count). The molecule has 10 heterocycles. The van der Waals surface area contributed by atoms with Gasteiger partial charge in [-0.05, 0) is 211 Å². The van der Waals surface area contributed by atoms with Crippen molar-refractivity contribution in [2.75, 3.05) is 236 Å². The largest absolute Gasteiger partial charge is 0.306 e. The molecular weight excluding hydrogens is 1100 g/mol. The van der Waals surface area contributed by atoms with E-state index in [4.69, 9.17) is 9.68 Å². The van der Waals surface area contributed by atoms with Gasteiger partial charge in [-0.2, -0.15) is 10.1 Å². The highest BCUT2D eigenvalue weighted by Crippen LogP contribution is 2.09. The van der Waals surface area contributed by atoms with E-state index in [0.29, 0.717) is 0 Å². The molecule has 10 fully saturated rings. The lowest BCUT2D eigenvalue weighted by Crippen LogP contribution is -2.42. The minimum Gasteiger partial charge on any atom is -0.306 e. The Hall–Kier alpha value is -0.600. The van der Waals surface area contributed by atoms with Gasteiger partial charge in [0.25, 0.3) is 0 Å². The molecule has 0 aromatic heterocycles. The van der Waals surface area contributed by atoms with Crippen LogP contribution >= 0.6 is 0 Å². The maximum atomic E-state index is 5.11. The van der Waals surface area contributed by atoms with Crippen molar-refractivity contribution in [3.63, 3.8) is 0 Å². The molecule has 0 spiro atoms. The fourth-order valence-electron chi connectivity index (χ4n) is 8.77. The van der Waals surface area contributed by atoms with E-state index in [1.165, 1.54) is 240 Å². The summed E-state index contributed by atoms with van der Waals surface area (Å²) in [5, 5.41) is 12.8. The van der Waals surface area contributed by atoms with Gasteiger partial charge in [0.15, 0.2) is 0 Å². The van der Waals surface area contributed by atoms with Crippen molar-refractivity contribution < 1.29 is 9.68 Å². The summed E-state index contributed by atoms with van der Waals surface area (Å²) >= 11 is 0. The molecule has 15 heteroatoms. The standard InChI is InChI=1S/C7H15N.2C6H14N2.2C6H13N.C5H12N2.C5H11NO.C5H11N.C4H9NO.C4H9N.10C2H6/c1-8-6-4-2-3-5-7-8;1-7-3-5-8(2)6-4-7;1-7-5-3-4-6-8(7)2;2*1-7-5-3-2-4-6-7;1-6-4-3-5-7(6)2;1-6-4-2-3-5-7-6;1-6-4-2-3-5-6;1-5-3-2-4-6-5;1-5-3-2-4-5;10*1-2/h2-7H2,1H3;2*3-6H2,1-2H3;2*2-6H2,1H3;3-5H2,1-2H3;2-5H2,1H3;2-5H2,1H3;2-4H2,1H3;2-4H2,1H3;10*1-2H3. The number of hydrogen-bond donors (Lipinski definition) is 0. The summed E-state index contributed by atoms with van der Waals surface area (Å²) in [6, 6.07) is 0. The molecule has 0 amide bonds. The Morgan fingerprint density at radius 2 is 0.303 bits per heavy atom. The predicted octanol–water partition coefficient (Wildman–Crippen LogP) is 16.5. The number of likely N-dealkylation sites (tertiary alicyclic amines) is 5. The second kappa shape index (κ2) is 98.5. The lowest BCUT2D eigenvalue weighted by Gasteiger charge is -2.32. The summed E-state index contributed by atoms with van der Waals surface area (Å²) in [5.41, 5.74) is 0. The van der Waals surface area contributed by atoms with Crippen LogP contribution in [0.3, 0.4) is 0 Å². The van der Waals surface area contributed by atoms with Gasteiger partial charge >= 0.3 is 0 Å². The molecular formula is C74H181N13O2. The van der Waals surface area contributed by atoms with Gasteiger partial charge < -0.3 is 34.3 Å². The lowest BCUT2D eigenvalue weighted by atomic mass is 10.1. The molecule has 0 radical (unpaired) electrons. The highest BCUT2D eigenvalue weighted by Gasteiger charge is 2.12. The maximum absolute atomic E-state index is 5.11. The van der Waals surface area contributed by atoms with Crippen LogP contribution in [-0.4, -0.2) is 300 Å². The van der Waals surface area contributed by atoms with Crippen LogP contribution < -0.4 is 0 Å². The van der Waals surface area contributed by atoms with Gasteiger partial charge in [0.05, 0.1) is 13.2 Å². The second-order valence-corrected chi connectivity index (χ2v) is 21.7. The summed E-state index contributed by atoms with van der Waals surface area (Å²) in [7, 11) is 27.7. The molecule has 10 aliphatic rings. The summed E-state index contributed by atoms with van der Waals surface area (Å²) < 4.78 is 0. The zero-order chi connectivity index (χ0) is 70.9. The number of hydroxylamine groups is 4. The van der Waals surface area contributed by atoms with Crippen molar-refractivity contribution in [2.45, 2.75) is 260 Å². The molecule has 0 aromatic carbocycles. The number of rotatable bonds is 0. The van der Waals surface area contributed by atoms with Gasteiger partial charge in [0.1, 0.15) is 0 Å². The van der Waals surface area contributed by atoms with Gasteiger partial charge in [-0.25, -0.2) is 20.0 Å². The summed E-state index contributed by atoms with van der Waals surface area (Å²) in [5.74, 6) is 0. The van der Waals surface area contributed by atoms with Crippen LogP contribution in [-0.2, 0) is 9.68 Å². The van der Waals surface area contributed by atoms with Crippen LogP contribution in [0.25, 0.3) is 0 Å². The highest BCUT2D eigenvalue weighted by atomic mass is 16.7. The van der Waals surface area contributed by atoms with Crippen LogP contribution in [0, 0.1) is 0 Å². The molecule has 15 nitrogen and oxygen atoms in total. The number of likely N-dealkylation sites (N-methyl/N-ethyl adjacent to an activating group) is 2. The molecule has 0 aromatic rings. The average Bonchev–Trinajstić information content (AvgIpc) is 4.35. The Kier molecular flexibility index (Phi) is 122. The second-order valence-electron chi connectivity index (χ2n) is 21.7. The van der Waals surface area contributed by atoms with Crippen molar-refractivity contribution in [1.29, 1.82) is 0 Å². The van der Waals surface area contributed by atoms with Gasteiger partial charge in [0.2, 0.25) is 0 Å².